The molecule has 1 N–H and O–H groups in total. The highest BCUT2D eigenvalue weighted by Crippen LogP contribution is 2.24. The van der Waals surface area contributed by atoms with Crippen LogP contribution < -0.4 is 5.32 Å². The minimum absolute atomic E-state index is 0.135. The highest BCUT2D eigenvalue weighted by Gasteiger charge is 2.21. The van der Waals surface area contributed by atoms with E-state index >= 15 is 0 Å². The second-order valence-electron chi connectivity index (χ2n) is 6.26. The van der Waals surface area contributed by atoms with E-state index in [0.29, 0.717) is 26.1 Å². The number of hydrogen-bond acceptors (Lipinski definition) is 5. The van der Waals surface area contributed by atoms with Crippen molar-refractivity contribution in [2.24, 2.45) is 0 Å². The number of methoxy groups -OCH3 is 1. The molecule has 0 radical (unpaired) electrons. The van der Waals surface area contributed by atoms with Gasteiger partial charge in [-0.3, -0.25) is 4.79 Å². The predicted octanol–water partition coefficient (Wildman–Crippen LogP) is 2.49. The third kappa shape index (κ3) is 4.33. The number of nitrogens with zero attached hydrogens (tertiary/aromatic N) is 3. The SMILES string of the molecule is COCCC(=O)N1CCc2ncnc(Nc3ccc(C)cc3)c2CC1. The molecule has 1 aromatic carbocycles. The zero-order chi connectivity index (χ0) is 17.6. The van der Waals surface area contributed by atoms with Crippen molar-refractivity contribution >= 4 is 17.4 Å². The molecule has 0 atom stereocenters. The van der Waals surface area contributed by atoms with E-state index in [1.165, 1.54) is 5.56 Å². The molecule has 1 aliphatic rings. The molecule has 0 saturated heterocycles. The molecule has 2 heterocycles. The summed E-state index contributed by atoms with van der Waals surface area (Å²) >= 11 is 0. The number of hydrogen-bond donors (Lipinski definition) is 1. The summed E-state index contributed by atoms with van der Waals surface area (Å²) in [5, 5.41) is 3.39. The van der Waals surface area contributed by atoms with E-state index in [-0.39, 0.29) is 5.91 Å². The van der Waals surface area contributed by atoms with Crippen LogP contribution in [0.4, 0.5) is 11.5 Å². The lowest BCUT2D eigenvalue weighted by Crippen LogP contribution is -2.33. The summed E-state index contributed by atoms with van der Waals surface area (Å²) in [6.45, 7) is 3.90. The van der Waals surface area contributed by atoms with Crippen LogP contribution in [0.1, 0.15) is 23.2 Å². The van der Waals surface area contributed by atoms with Gasteiger partial charge in [-0.2, -0.15) is 0 Å². The van der Waals surface area contributed by atoms with Gasteiger partial charge in [-0.05, 0) is 25.5 Å². The van der Waals surface area contributed by atoms with Crippen LogP contribution in [0.25, 0.3) is 0 Å². The molecule has 1 aliphatic heterocycles. The van der Waals surface area contributed by atoms with Crippen molar-refractivity contribution in [1.29, 1.82) is 0 Å². The number of fused-ring (bicyclic) bond motifs is 1. The lowest BCUT2D eigenvalue weighted by molar-refractivity contribution is -0.132. The van der Waals surface area contributed by atoms with Crippen LogP contribution in [-0.2, 0) is 22.4 Å². The first-order chi connectivity index (χ1) is 12.2. The van der Waals surface area contributed by atoms with Crippen molar-refractivity contribution in [3.63, 3.8) is 0 Å². The van der Waals surface area contributed by atoms with Crippen molar-refractivity contribution in [1.82, 2.24) is 14.9 Å². The minimum Gasteiger partial charge on any atom is -0.384 e. The zero-order valence-corrected chi connectivity index (χ0v) is 14.8. The number of amides is 1. The van der Waals surface area contributed by atoms with Gasteiger partial charge in [0.1, 0.15) is 12.1 Å². The number of aromatic nitrogens is 2. The van der Waals surface area contributed by atoms with Gasteiger partial charge in [0.25, 0.3) is 0 Å². The largest absolute Gasteiger partial charge is 0.384 e. The molecule has 3 rings (SSSR count). The van der Waals surface area contributed by atoms with Gasteiger partial charge in [-0.15, -0.1) is 0 Å². The Labute approximate surface area is 148 Å². The van der Waals surface area contributed by atoms with Crippen molar-refractivity contribution in [2.75, 3.05) is 32.1 Å². The molecule has 132 valence electrons. The standard InChI is InChI=1S/C19H24N4O2/c1-14-3-5-15(6-4-14)22-19-16-7-10-23(18(24)9-12-25-2)11-8-17(16)20-13-21-19/h3-6,13H,7-12H2,1-2H3,(H,20,21,22). The number of ether oxygens (including phenoxy) is 1. The third-order valence-electron chi connectivity index (χ3n) is 4.47. The van der Waals surface area contributed by atoms with Crippen molar-refractivity contribution < 1.29 is 9.53 Å². The van der Waals surface area contributed by atoms with Crippen LogP contribution >= 0.6 is 0 Å². The Morgan fingerprint density at radius 2 is 1.96 bits per heavy atom. The second-order valence-corrected chi connectivity index (χ2v) is 6.26. The normalized spacial score (nSPS) is 13.9. The molecular weight excluding hydrogens is 316 g/mol. The summed E-state index contributed by atoms with van der Waals surface area (Å²) < 4.78 is 5.01. The number of anilines is 2. The van der Waals surface area contributed by atoms with E-state index in [4.69, 9.17) is 4.74 Å². The highest BCUT2D eigenvalue weighted by atomic mass is 16.5. The Hall–Kier alpha value is -2.47. The fraction of sp³-hybridized carbons (Fsp3) is 0.421. The van der Waals surface area contributed by atoms with E-state index in [0.717, 1.165) is 35.6 Å². The van der Waals surface area contributed by atoms with Crippen LogP contribution in [0.2, 0.25) is 0 Å². The summed E-state index contributed by atoms with van der Waals surface area (Å²) in [5.41, 5.74) is 4.35. The van der Waals surface area contributed by atoms with E-state index in [2.05, 4.69) is 34.3 Å². The number of nitrogens with one attached hydrogen (secondary N) is 1. The highest BCUT2D eigenvalue weighted by molar-refractivity contribution is 5.76. The molecule has 1 aromatic heterocycles. The maximum absolute atomic E-state index is 12.3. The Morgan fingerprint density at radius 3 is 2.72 bits per heavy atom. The second kappa shape index (κ2) is 8.07. The van der Waals surface area contributed by atoms with E-state index in [9.17, 15) is 4.79 Å². The van der Waals surface area contributed by atoms with Gasteiger partial charge >= 0.3 is 0 Å². The summed E-state index contributed by atoms with van der Waals surface area (Å²) in [4.78, 5) is 23.0. The summed E-state index contributed by atoms with van der Waals surface area (Å²) in [6, 6.07) is 8.22. The lowest BCUT2D eigenvalue weighted by atomic mass is 10.1. The molecule has 2 aromatic rings. The molecule has 6 heteroatoms. The minimum atomic E-state index is 0.135. The van der Waals surface area contributed by atoms with Crippen LogP contribution in [0.15, 0.2) is 30.6 Å². The van der Waals surface area contributed by atoms with Gasteiger partial charge in [-0.25, -0.2) is 9.97 Å². The Balaban J connectivity index is 1.74. The van der Waals surface area contributed by atoms with Gasteiger partial charge in [0.15, 0.2) is 0 Å². The third-order valence-corrected chi connectivity index (χ3v) is 4.47. The van der Waals surface area contributed by atoms with Crippen molar-refractivity contribution in [2.45, 2.75) is 26.2 Å². The average molecular weight is 340 g/mol. The topological polar surface area (TPSA) is 67.3 Å². The first-order valence-corrected chi connectivity index (χ1v) is 8.60. The first kappa shape index (κ1) is 17.4. The van der Waals surface area contributed by atoms with Crippen LogP contribution in [0, 0.1) is 6.92 Å². The van der Waals surface area contributed by atoms with Crippen molar-refractivity contribution in [3.05, 3.63) is 47.4 Å². The van der Waals surface area contributed by atoms with Crippen LogP contribution in [0.3, 0.4) is 0 Å². The smallest absolute Gasteiger partial charge is 0.224 e. The molecular formula is C19H24N4O2. The maximum atomic E-state index is 12.3. The molecule has 1 amide bonds. The number of carbonyl (C=O) groups excluding carboxylic acids is 1. The molecule has 0 bridgehead atoms. The fourth-order valence-corrected chi connectivity index (χ4v) is 3.00. The quantitative estimate of drug-likeness (QED) is 0.906. The van der Waals surface area contributed by atoms with E-state index in [1.54, 1.807) is 13.4 Å². The van der Waals surface area contributed by atoms with Crippen molar-refractivity contribution in [3.8, 4) is 0 Å². The Bertz CT molecular complexity index is 731. The molecule has 0 aliphatic carbocycles. The zero-order valence-electron chi connectivity index (χ0n) is 14.8. The summed E-state index contributed by atoms with van der Waals surface area (Å²) in [6.07, 6.45) is 3.52. The van der Waals surface area contributed by atoms with Gasteiger partial charge < -0.3 is 15.0 Å². The first-order valence-electron chi connectivity index (χ1n) is 8.60. The molecule has 0 fully saturated rings. The molecule has 0 unspecified atom stereocenters. The predicted molar refractivity (Wildman–Crippen MR) is 97.0 cm³/mol. The van der Waals surface area contributed by atoms with E-state index < -0.39 is 0 Å². The van der Waals surface area contributed by atoms with Crippen LogP contribution in [0.5, 0.6) is 0 Å². The number of rotatable bonds is 5. The van der Waals surface area contributed by atoms with E-state index in [1.807, 2.05) is 17.0 Å². The number of benzene rings is 1. The maximum Gasteiger partial charge on any atom is 0.224 e. The van der Waals surface area contributed by atoms with Crippen LogP contribution in [-0.4, -0.2) is 47.6 Å². The van der Waals surface area contributed by atoms with Gasteiger partial charge in [0.2, 0.25) is 5.91 Å². The monoisotopic (exact) mass is 340 g/mol. The Morgan fingerprint density at radius 1 is 1.20 bits per heavy atom. The molecule has 0 saturated carbocycles. The summed E-state index contributed by atoms with van der Waals surface area (Å²) in [5.74, 6) is 0.968. The fourth-order valence-electron chi connectivity index (χ4n) is 3.00. The van der Waals surface area contributed by atoms with Gasteiger partial charge in [0.05, 0.1) is 18.7 Å². The molecule has 25 heavy (non-hydrogen) atoms. The van der Waals surface area contributed by atoms with Gasteiger partial charge in [-0.1, -0.05) is 17.7 Å². The summed E-state index contributed by atoms with van der Waals surface area (Å²) in [7, 11) is 1.62. The Kier molecular flexibility index (Phi) is 5.60. The average Bonchev–Trinajstić information content (AvgIpc) is 2.85. The molecule has 0 spiro atoms. The number of carbonyl (C=O) groups is 1. The van der Waals surface area contributed by atoms with Gasteiger partial charge in [0, 0.05) is 37.9 Å². The molecule has 6 nitrogen and oxygen atoms in total. The number of aryl methyl sites for hydroxylation is 1. The lowest BCUT2D eigenvalue weighted by Gasteiger charge is -2.19.